The zero-order chi connectivity index (χ0) is 13.9. The number of aromatic nitrogens is 2. The molecule has 104 valence electrons. The Labute approximate surface area is 116 Å². The second-order valence-electron chi connectivity index (χ2n) is 4.29. The molecule has 2 aromatic heterocycles. The van der Waals surface area contributed by atoms with Gasteiger partial charge in [-0.3, -0.25) is 5.10 Å². The van der Waals surface area contributed by atoms with E-state index >= 15 is 0 Å². The van der Waals surface area contributed by atoms with Crippen LogP contribution in [0, 0.1) is 0 Å². The van der Waals surface area contributed by atoms with Crippen LogP contribution in [-0.4, -0.2) is 24.7 Å². The molecule has 2 aromatic rings. The average molecular weight is 300 g/mol. The van der Waals surface area contributed by atoms with Crippen molar-refractivity contribution in [2.75, 3.05) is 0 Å². The summed E-state index contributed by atoms with van der Waals surface area (Å²) in [4.78, 5) is 0. The van der Waals surface area contributed by atoms with Crippen LogP contribution in [0.2, 0.25) is 0 Å². The minimum absolute atomic E-state index is 0.0483. The van der Waals surface area contributed by atoms with Gasteiger partial charge in [0.25, 0.3) is 10.0 Å². The van der Waals surface area contributed by atoms with E-state index in [1.54, 1.807) is 11.3 Å². The molecular formula is C11H16N4O2S2. The van der Waals surface area contributed by atoms with Crippen LogP contribution in [0.15, 0.2) is 28.0 Å². The van der Waals surface area contributed by atoms with E-state index in [1.807, 2.05) is 23.8 Å². The van der Waals surface area contributed by atoms with Crippen molar-refractivity contribution in [1.82, 2.24) is 14.9 Å². The summed E-state index contributed by atoms with van der Waals surface area (Å²) < 4.78 is 27.0. The highest BCUT2D eigenvalue weighted by Gasteiger charge is 2.22. The van der Waals surface area contributed by atoms with Gasteiger partial charge in [-0.25, -0.2) is 13.1 Å². The summed E-state index contributed by atoms with van der Waals surface area (Å²) in [5.41, 5.74) is 7.08. The summed E-state index contributed by atoms with van der Waals surface area (Å²) in [7, 11) is -3.61. The van der Waals surface area contributed by atoms with E-state index in [9.17, 15) is 8.42 Å². The SMILES string of the molecule is CC(Cc1ccsc1)NS(=O)(=O)c1[nH]ncc1CN. The van der Waals surface area contributed by atoms with Gasteiger partial charge in [-0.1, -0.05) is 0 Å². The number of thiophene rings is 1. The second-order valence-corrected chi connectivity index (χ2v) is 6.72. The summed E-state index contributed by atoms with van der Waals surface area (Å²) in [6, 6.07) is 1.78. The van der Waals surface area contributed by atoms with Crippen LogP contribution in [0.1, 0.15) is 18.1 Å². The maximum atomic E-state index is 12.2. The molecule has 0 aliphatic rings. The molecule has 0 aliphatic heterocycles. The minimum atomic E-state index is -3.61. The van der Waals surface area contributed by atoms with E-state index < -0.39 is 10.0 Å². The molecule has 0 saturated heterocycles. The Morgan fingerprint density at radius 2 is 2.37 bits per heavy atom. The smallest absolute Gasteiger partial charge is 0.258 e. The normalized spacial score (nSPS) is 13.6. The third-order valence-electron chi connectivity index (χ3n) is 2.65. The highest BCUT2D eigenvalue weighted by Crippen LogP contribution is 2.13. The van der Waals surface area contributed by atoms with E-state index in [0.29, 0.717) is 12.0 Å². The molecule has 2 heterocycles. The Balaban J connectivity index is 2.09. The first-order valence-electron chi connectivity index (χ1n) is 5.78. The molecule has 0 bridgehead atoms. The summed E-state index contributed by atoms with van der Waals surface area (Å²) in [6.07, 6.45) is 2.08. The van der Waals surface area contributed by atoms with Crippen LogP contribution in [0.25, 0.3) is 0 Å². The number of H-pyrrole nitrogens is 1. The largest absolute Gasteiger partial charge is 0.326 e. The standard InChI is InChI=1S/C11H16N4O2S2/c1-8(4-9-2-3-18-7-9)15-19(16,17)11-10(5-12)6-13-14-11/h2-3,6-8,15H,4-5,12H2,1H3,(H,13,14). The van der Waals surface area contributed by atoms with E-state index in [-0.39, 0.29) is 17.6 Å². The first kappa shape index (κ1) is 14.2. The van der Waals surface area contributed by atoms with Crippen molar-refractivity contribution in [1.29, 1.82) is 0 Å². The maximum Gasteiger partial charge on any atom is 0.258 e. The van der Waals surface area contributed by atoms with Gasteiger partial charge in [-0.2, -0.15) is 16.4 Å². The van der Waals surface area contributed by atoms with Gasteiger partial charge >= 0.3 is 0 Å². The van der Waals surface area contributed by atoms with Gasteiger partial charge in [0.15, 0.2) is 5.03 Å². The molecule has 2 rings (SSSR count). The topological polar surface area (TPSA) is 101 Å². The molecule has 0 amide bonds. The molecule has 4 N–H and O–H groups in total. The van der Waals surface area contributed by atoms with Gasteiger partial charge in [-0.15, -0.1) is 0 Å². The fraction of sp³-hybridized carbons (Fsp3) is 0.364. The van der Waals surface area contributed by atoms with Crippen molar-refractivity contribution in [3.63, 3.8) is 0 Å². The lowest BCUT2D eigenvalue weighted by Crippen LogP contribution is -2.34. The average Bonchev–Trinajstić information content (AvgIpc) is 2.97. The number of nitrogens with zero attached hydrogens (tertiary/aromatic N) is 1. The zero-order valence-corrected chi connectivity index (χ0v) is 12.1. The predicted molar refractivity (Wildman–Crippen MR) is 74.3 cm³/mol. The van der Waals surface area contributed by atoms with Crippen LogP contribution >= 0.6 is 11.3 Å². The molecule has 0 aliphatic carbocycles. The summed E-state index contributed by atoms with van der Waals surface area (Å²) in [5, 5.41) is 10.2. The molecule has 0 saturated carbocycles. The van der Waals surface area contributed by atoms with Gasteiger partial charge in [-0.05, 0) is 35.7 Å². The van der Waals surface area contributed by atoms with Gasteiger partial charge in [0.2, 0.25) is 0 Å². The lowest BCUT2D eigenvalue weighted by molar-refractivity contribution is 0.555. The van der Waals surface area contributed by atoms with E-state index in [4.69, 9.17) is 5.73 Å². The van der Waals surface area contributed by atoms with Crippen molar-refractivity contribution in [2.24, 2.45) is 5.73 Å². The quantitative estimate of drug-likeness (QED) is 0.736. The monoisotopic (exact) mass is 300 g/mol. The molecule has 6 nitrogen and oxygen atoms in total. The molecule has 1 unspecified atom stereocenters. The van der Waals surface area contributed by atoms with Crippen molar-refractivity contribution < 1.29 is 8.42 Å². The van der Waals surface area contributed by atoms with E-state index in [1.165, 1.54) is 6.20 Å². The van der Waals surface area contributed by atoms with Gasteiger partial charge in [0, 0.05) is 18.2 Å². The number of rotatable bonds is 6. The van der Waals surface area contributed by atoms with Crippen molar-refractivity contribution in [2.45, 2.75) is 31.0 Å². The third-order valence-corrected chi connectivity index (χ3v) is 4.98. The Morgan fingerprint density at radius 3 is 3.00 bits per heavy atom. The summed E-state index contributed by atoms with van der Waals surface area (Å²) in [5.74, 6) is 0. The number of hydrogen-bond donors (Lipinski definition) is 3. The van der Waals surface area contributed by atoms with Gasteiger partial charge in [0.05, 0.1) is 6.20 Å². The number of nitrogens with one attached hydrogen (secondary N) is 2. The molecule has 0 aromatic carbocycles. The fourth-order valence-corrected chi connectivity index (χ4v) is 3.87. The number of nitrogens with two attached hydrogens (primary N) is 1. The number of sulfonamides is 1. The molecular weight excluding hydrogens is 284 g/mol. The Morgan fingerprint density at radius 1 is 1.58 bits per heavy atom. The van der Waals surface area contributed by atoms with Crippen LogP contribution in [0.4, 0.5) is 0 Å². The van der Waals surface area contributed by atoms with Crippen LogP contribution in [-0.2, 0) is 23.0 Å². The summed E-state index contributed by atoms with van der Waals surface area (Å²) in [6.45, 7) is 1.96. The fourth-order valence-electron chi connectivity index (χ4n) is 1.81. The number of hydrogen-bond acceptors (Lipinski definition) is 5. The van der Waals surface area contributed by atoms with Crippen molar-refractivity contribution in [3.05, 3.63) is 34.2 Å². The Bertz CT molecular complexity index is 619. The molecule has 1 atom stereocenters. The molecule has 8 heteroatoms. The first-order chi connectivity index (χ1) is 9.03. The van der Waals surface area contributed by atoms with Gasteiger partial charge < -0.3 is 5.73 Å². The summed E-state index contributed by atoms with van der Waals surface area (Å²) >= 11 is 1.59. The highest BCUT2D eigenvalue weighted by molar-refractivity contribution is 7.89. The third kappa shape index (κ3) is 3.41. The second kappa shape index (κ2) is 5.83. The lowest BCUT2D eigenvalue weighted by Gasteiger charge is -2.13. The van der Waals surface area contributed by atoms with Crippen molar-refractivity contribution >= 4 is 21.4 Å². The van der Waals surface area contributed by atoms with Gasteiger partial charge in [0.1, 0.15) is 0 Å². The van der Waals surface area contributed by atoms with Crippen LogP contribution in [0.3, 0.4) is 0 Å². The predicted octanol–water partition coefficient (Wildman–Crippen LogP) is 0.839. The van der Waals surface area contributed by atoms with Crippen molar-refractivity contribution in [3.8, 4) is 0 Å². The van der Waals surface area contributed by atoms with Crippen LogP contribution < -0.4 is 10.5 Å². The van der Waals surface area contributed by atoms with E-state index in [0.717, 1.165) is 5.56 Å². The molecule has 0 radical (unpaired) electrons. The minimum Gasteiger partial charge on any atom is -0.326 e. The number of aromatic amines is 1. The molecule has 0 fully saturated rings. The molecule has 0 spiro atoms. The Hall–Kier alpha value is -1.22. The Kier molecular flexibility index (Phi) is 4.35. The lowest BCUT2D eigenvalue weighted by atomic mass is 10.1. The highest BCUT2D eigenvalue weighted by atomic mass is 32.2. The zero-order valence-electron chi connectivity index (χ0n) is 10.5. The van der Waals surface area contributed by atoms with E-state index in [2.05, 4.69) is 14.9 Å². The first-order valence-corrected chi connectivity index (χ1v) is 8.21. The molecule has 19 heavy (non-hydrogen) atoms. The van der Waals surface area contributed by atoms with Crippen LogP contribution in [0.5, 0.6) is 0 Å². The maximum absolute atomic E-state index is 12.2.